The smallest absolute Gasteiger partial charge is 0.255 e. The second kappa shape index (κ2) is 6.20. The Bertz CT molecular complexity index is 1040. The van der Waals surface area contributed by atoms with Crippen molar-refractivity contribution in [2.75, 3.05) is 5.32 Å². The summed E-state index contributed by atoms with van der Waals surface area (Å²) in [6, 6.07) is 8.66. The molecule has 124 valence electrons. The minimum Gasteiger partial charge on any atom is -0.448 e. The van der Waals surface area contributed by atoms with Crippen LogP contribution in [0.25, 0.3) is 22.4 Å². The molecule has 1 amide bonds. The zero-order valence-corrected chi connectivity index (χ0v) is 13.4. The van der Waals surface area contributed by atoms with E-state index in [0.717, 1.165) is 0 Å². The van der Waals surface area contributed by atoms with Gasteiger partial charge in [-0.25, -0.2) is 4.98 Å². The van der Waals surface area contributed by atoms with Crippen LogP contribution in [-0.2, 0) is 6.42 Å². The lowest BCUT2D eigenvalue weighted by atomic mass is 10.1. The summed E-state index contributed by atoms with van der Waals surface area (Å²) in [5.41, 5.74) is 2.83. The average Bonchev–Trinajstić information content (AvgIpc) is 3.28. The number of anilines is 1. The summed E-state index contributed by atoms with van der Waals surface area (Å²) in [5.74, 6) is 0.382. The highest BCUT2D eigenvalue weighted by Crippen LogP contribution is 2.28. The number of nitrogens with zero attached hydrogens (tertiary/aromatic N) is 3. The zero-order valence-electron chi connectivity index (χ0n) is 13.4. The van der Waals surface area contributed by atoms with E-state index in [0.29, 0.717) is 45.9 Å². The van der Waals surface area contributed by atoms with Gasteiger partial charge in [0.05, 0.1) is 17.3 Å². The molecule has 0 aliphatic carbocycles. The van der Waals surface area contributed by atoms with Crippen LogP contribution in [0.15, 0.2) is 57.9 Å². The first-order valence-electron chi connectivity index (χ1n) is 7.80. The molecule has 4 rings (SSSR count). The molecule has 25 heavy (non-hydrogen) atoms. The van der Waals surface area contributed by atoms with E-state index in [1.807, 2.05) is 6.92 Å². The topological polar surface area (TPSA) is 94.0 Å². The Morgan fingerprint density at radius 1 is 1.28 bits per heavy atom. The number of hydrogen-bond donors (Lipinski definition) is 1. The Labute approximate surface area is 142 Å². The van der Waals surface area contributed by atoms with Gasteiger partial charge in [-0.15, -0.1) is 0 Å². The van der Waals surface area contributed by atoms with E-state index < -0.39 is 0 Å². The van der Waals surface area contributed by atoms with Crippen molar-refractivity contribution in [2.45, 2.75) is 13.3 Å². The van der Waals surface area contributed by atoms with Crippen molar-refractivity contribution in [3.05, 3.63) is 60.4 Å². The molecule has 0 unspecified atom stereocenters. The summed E-state index contributed by atoms with van der Waals surface area (Å²) >= 11 is 0. The van der Waals surface area contributed by atoms with Gasteiger partial charge in [0.1, 0.15) is 17.7 Å². The molecule has 7 heteroatoms. The monoisotopic (exact) mass is 334 g/mol. The summed E-state index contributed by atoms with van der Waals surface area (Å²) < 4.78 is 10.7. The second-order valence-electron chi connectivity index (χ2n) is 5.42. The molecule has 0 aliphatic rings. The van der Waals surface area contributed by atoms with E-state index in [1.165, 1.54) is 0 Å². The predicted molar refractivity (Wildman–Crippen MR) is 91.1 cm³/mol. The molecule has 0 fully saturated rings. The fourth-order valence-corrected chi connectivity index (χ4v) is 2.49. The molecule has 1 aromatic carbocycles. The molecule has 3 heterocycles. The van der Waals surface area contributed by atoms with Crippen LogP contribution in [0, 0.1) is 0 Å². The molecule has 0 aliphatic heterocycles. The van der Waals surface area contributed by atoms with Crippen molar-refractivity contribution in [1.82, 2.24) is 15.1 Å². The van der Waals surface area contributed by atoms with Crippen LogP contribution in [0.5, 0.6) is 0 Å². The van der Waals surface area contributed by atoms with E-state index in [1.54, 1.807) is 49.0 Å². The lowest BCUT2D eigenvalue weighted by Crippen LogP contribution is -2.11. The normalized spacial score (nSPS) is 10.9. The van der Waals surface area contributed by atoms with Crippen LogP contribution in [0.2, 0.25) is 0 Å². The largest absolute Gasteiger partial charge is 0.448 e. The summed E-state index contributed by atoms with van der Waals surface area (Å²) in [4.78, 5) is 20.8. The van der Waals surface area contributed by atoms with Crippen LogP contribution >= 0.6 is 0 Å². The van der Waals surface area contributed by atoms with Crippen LogP contribution in [-0.4, -0.2) is 21.0 Å². The Hall–Kier alpha value is -3.48. The highest BCUT2D eigenvalue weighted by Gasteiger charge is 2.16. The molecule has 3 aromatic heterocycles. The van der Waals surface area contributed by atoms with Crippen LogP contribution in [0.3, 0.4) is 0 Å². The standard InChI is InChI=1S/C18H14N4O3/c1-2-16-21-14(10-24-16)17-13-8-11(5-6-15(13)25-22-17)18(23)20-12-4-3-7-19-9-12/h3-10H,2H2,1H3,(H,20,23). The van der Waals surface area contributed by atoms with Gasteiger partial charge in [0.15, 0.2) is 11.5 Å². The summed E-state index contributed by atoms with van der Waals surface area (Å²) in [6.07, 6.45) is 5.46. The number of amides is 1. The summed E-state index contributed by atoms with van der Waals surface area (Å²) in [7, 11) is 0. The maximum Gasteiger partial charge on any atom is 0.255 e. The molecule has 0 saturated heterocycles. The van der Waals surface area contributed by atoms with Crippen LogP contribution < -0.4 is 5.32 Å². The number of fused-ring (bicyclic) bond motifs is 1. The Balaban J connectivity index is 1.69. The maximum atomic E-state index is 12.5. The lowest BCUT2D eigenvalue weighted by Gasteiger charge is -2.04. The van der Waals surface area contributed by atoms with Crippen molar-refractivity contribution in [3.8, 4) is 11.4 Å². The van der Waals surface area contributed by atoms with Crippen LogP contribution in [0.1, 0.15) is 23.2 Å². The number of hydrogen-bond acceptors (Lipinski definition) is 6. The van der Waals surface area contributed by atoms with Gasteiger partial charge in [-0.3, -0.25) is 9.78 Å². The number of carbonyl (C=O) groups is 1. The van der Waals surface area contributed by atoms with Crippen molar-refractivity contribution < 1.29 is 13.7 Å². The third-order valence-electron chi connectivity index (χ3n) is 3.75. The third-order valence-corrected chi connectivity index (χ3v) is 3.75. The van der Waals surface area contributed by atoms with Gasteiger partial charge in [0.25, 0.3) is 5.91 Å². The molecule has 0 radical (unpaired) electrons. The number of aryl methyl sites for hydroxylation is 1. The first kappa shape index (κ1) is 15.1. The number of pyridine rings is 1. The van der Waals surface area contributed by atoms with E-state index in [4.69, 9.17) is 8.94 Å². The highest BCUT2D eigenvalue weighted by molar-refractivity contribution is 6.07. The maximum absolute atomic E-state index is 12.5. The number of oxazole rings is 1. The Kier molecular flexibility index (Phi) is 3.74. The second-order valence-corrected chi connectivity index (χ2v) is 5.42. The van der Waals surface area contributed by atoms with E-state index >= 15 is 0 Å². The molecule has 4 aromatic rings. The summed E-state index contributed by atoms with van der Waals surface area (Å²) in [6.45, 7) is 1.96. The van der Waals surface area contributed by atoms with E-state index in [-0.39, 0.29) is 5.91 Å². The molecule has 0 atom stereocenters. The van der Waals surface area contributed by atoms with Crippen molar-refractivity contribution >= 4 is 22.6 Å². The first-order valence-corrected chi connectivity index (χ1v) is 7.80. The van der Waals surface area contributed by atoms with Gasteiger partial charge in [-0.05, 0) is 30.3 Å². The molecule has 1 N–H and O–H groups in total. The number of nitrogens with one attached hydrogen (secondary N) is 1. The van der Waals surface area contributed by atoms with Gasteiger partial charge in [-0.2, -0.15) is 0 Å². The Morgan fingerprint density at radius 2 is 2.20 bits per heavy atom. The predicted octanol–water partition coefficient (Wildman–Crippen LogP) is 3.69. The highest BCUT2D eigenvalue weighted by atomic mass is 16.5. The molecular weight excluding hydrogens is 320 g/mol. The average molecular weight is 334 g/mol. The fourth-order valence-electron chi connectivity index (χ4n) is 2.49. The quantitative estimate of drug-likeness (QED) is 0.611. The van der Waals surface area contributed by atoms with Gasteiger partial charge < -0.3 is 14.3 Å². The molecular formula is C18H14N4O3. The molecule has 7 nitrogen and oxygen atoms in total. The number of benzene rings is 1. The van der Waals surface area contributed by atoms with Crippen molar-refractivity contribution in [3.63, 3.8) is 0 Å². The molecule has 0 saturated carbocycles. The van der Waals surface area contributed by atoms with E-state index in [2.05, 4.69) is 20.4 Å². The van der Waals surface area contributed by atoms with Crippen molar-refractivity contribution in [2.24, 2.45) is 0 Å². The third kappa shape index (κ3) is 2.87. The number of carbonyl (C=O) groups excluding carboxylic acids is 1. The van der Waals surface area contributed by atoms with Gasteiger partial charge in [0, 0.05) is 18.2 Å². The van der Waals surface area contributed by atoms with Gasteiger partial charge in [-0.1, -0.05) is 12.1 Å². The van der Waals surface area contributed by atoms with Crippen LogP contribution in [0.4, 0.5) is 5.69 Å². The first-order chi connectivity index (χ1) is 12.2. The zero-order chi connectivity index (χ0) is 17.2. The van der Waals surface area contributed by atoms with Gasteiger partial charge >= 0.3 is 0 Å². The molecule has 0 spiro atoms. The van der Waals surface area contributed by atoms with Crippen molar-refractivity contribution in [1.29, 1.82) is 0 Å². The van der Waals surface area contributed by atoms with Gasteiger partial charge in [0.2, 0.25) is 0 Å². The fraction of sp³-hybridized carbons (Fsp3) is 0.111. The van der Waals surface area contributed by atoms with E-state index in [9.17, 15) is 4.79 Å². The SMILES string of the molecule is CCc1nc(-c2noc3ccc(C(=O)Nc4cccnc4)cc23)co1. The number of aromatic nitrogens is 3. The number of rotatable bonds is 4. The summed E-state index contributed by atoms with van der Waals surface area (Å²) in [5, 5.41) is 7.56. The lowest BCUT2D eigenvalue weighted by molar-refractivity contribution is 0.102. The minimum atomic E-state index is -0.239. The minimum absolute atomic E-state index is 0.239. The Morgan fingerprint density at radius 3 is 2.96 bits per heavy atom. The molecule has 0 bridgehead atoms.